The van der Waals surface area contributed by atoms with E-state index in [1.165, 1.54) is 6.42 Å². The normalized spacial score (nSPS) is 18.0. The lowest BCUT2D eigenvalue weighted by atomic mass is 9.78. The van der Waals surface area contributed by atoms with Gasteiger partial charge in [-0.3, -0.25) is 4.79 Å². The molecule has 2 fully saturated rings. The number of ether oxygens (including phenoxy) is 1. The molecule has 2 N–H and O–H groups in total. The molecule has 2 heterocycles. The number of rotatable bonds is 5. The van der Waals surface area contributed by atoms with Crippen LogP contribution in [0, 0.1) is 5.41 Å². The Morgan fingerprint density at radius 2 is 2.04 bits per heavy atom. The smallest absolute Gasteiger partial charge is 0.224 e. The number of nitrogens with one attached hydrogen (secondary N) is 2. The molecule has 0 radical (unpaired) electrons. The van der Waals surface area contributed by atoms with Gasteiger partial charge in [-0.2, -0.15) is 0 Å². The summed E-state index contributed by atoms with van der Waals surface area (Å²) in [6.07, 6.45) is 3.99. The van der Waals surface area contributed by atoms with Crippen molar-refractivity contribution < 1.29 is 9.53 Å². The van der Waals surface area contributed by atoms with Gasteiger partial charge in [0.2, 0.25) is 5.91 Å². The highest BCUT2D eigenvalue weighted by atomic mass is 35.5. The van der Waals surface area contributed by atoms with E-state index < -0.39 is 0 Å². The molecule has 1 spiro atoms. The van der Waals surface area contributed by atoms with Crippen LogP contribution >= 0.6 is 36.4 Å². The Hall–Kier alpha value is -0.880. The minimum Gasteiger partial charge on any atom is -0.495 e. The molecule has 2 aliphatic rings. The molecule has 1 aromatic rings. The van der Waals surface area contributed by atoms with Crippen LogP contribution in [0.5, 0.6) is 5.75 Å². The Kier molecular flexibility index (Phi) is 9.31. The maximum atomic E-state index is 12.4. The van der Waals surface area contributed by atoms with Crippen LogP contribution in [0.25, 0.3) is 0 Å². The number of likely N-dealkylation sites (tertiary alicyclic amines) is 1. The first-order valence-electron chi connectivity index (χ1n) is 8.68. The molecule has 1 aromatic carbocycles. The van der Waals surface area contributed by atoms with Crippen LogP contribution in [0.2, 0.25) is 5.02 Å². The number of piperidine rings is 1. The third-order valence-corrected chi connectivity index (χ3v) is 5.56. The first-order chi connectivity index (χ1) is 11.6. The van der Waals surface area contributed by atoms with Gasteiger partial charge in [-0.25, -0.2) is 0 Å². The van der Waals surface area contributed by atoms with Gasteiger partial charge in [0.15, 0.2) is 0 Å². The highest BCUT2D eigenvalue weighted by Gasteiger charge is 2.37. The number of carbonyl (C=O) groups is 1. The molecule has 0 aromatic heterocycles. The van der Waals surface area contributed by atoms with Gasteiger partial charge >= 0.3 is 0 Å². The summed E-state index contributed by atoms with van der Waals surface area (Å²) in [5.41, 5.74) is 1.27. The number of halogens is 3. The fraction of sp³-hybridized carbons (Fsp3) is 0.611. The van der Waals surface area contributed by atoms with Crippen LogP contribution in [0.4, 0.5) is 5.69 Å². The van der Waals surface area contributed by atoms with E-state index in [9.17, 15) is 4.79 Å². The Balaban J connectivity index is 0.00000169. The Morgan fingerprint density at radius 1 is 1.31 bits per heavy atom. The summed E-state index contributed by atoms with van der Waals surface area (Å²) in [5, 5.41) is 7.36. The van der Waals surface area contributed by atoms with E-state index in [0.717, 1.165) is 50.5 Å². The fourth-order valence-electron chi connectivity index (χ4n) is 3.73. The summed E-state index contributed by atoms with van der Waals surface area (Å²) >= 11 is 6.02. The maximum Gasteiger partial charge on any atom is 0.224 e. The van der Waals surface area contributed by atoms with Gasteiger partial charge in [0.25, 0.3) is 0 Å². The Labute approximate surface area is 173 Å². The molecular formula is C18H28Cl3N3O2. The quantitative estimate of drug-likeness (QED) is 0.758. The molecule has 3 rings (SSSR count). The minimum absolute atomic E-state index is 0. The molecule has 8 heteroatoms. The van der Waals surface area contributed by atoms with Crippen molar-refractivity contribution in [2.45, 2.75) is 25.7 Å². The topological polar surface area (TPSA) is 53.6 Å². The standard InChI is InChI=1S/C18H26ClN3O2.2ClH/c1-24-16-3-2-14(19)12-15(16)21-8-4-17(23)22-10-6-18(7-11-22)5-9-20-13-18;;/h2-3,12,20-21H,4-11,13H2,1H3;2*1H. The van der Waals surface area contributed by atoms with Crippen molar-refractivity contribution in [3.05, 3.63) is 23.2 Å². The number of nitrogens with zero attached hydrogens (tertiary/aromatic N) is 1. The molecule has 5 nitrogen and oxygen atoms in total. The van der Waals surface area contributed by atoms with Gasteiger partial charge in [-0.1, -0.05) is 11.6 Å². The second kappa shape index (κ2) is 10.5. The van der Waals surface area contributed by atoms with Crippen LogP contribution < -0.4 is 15.4 Å². The predicted molar refractivity (Wildman–Crippen MR) is 111 cm³/mol. The van der Waals surface area contributed by atoms with Crippen LogP contribution in [0.1, 0.15) is 25.7 Å². The highest BCUT2D eigenvalue weighted by molar-refractivity contribution is 6.30. The Morgan fingerprint density at radius 3 is 2.65 bits per heavy atom. The summed E-state index contributed by atoms with van der Waals surface area (Å²) in [7, 11) is 1.63. The minimum atomic E-state index is 0. The van der Waals surface area contributed by atoms with Crippen molar-refractivity contribution in [3.63, 3.8) is 0 Å². The number of methoxy groups -OCH3 is 1. The van der Waals surface area contributed by atoms with E-state index in [4.69, 9.17) is 16.3 Å². The molecule has 2 aliphatic heterocycles. The first-order valence-corrected chi connectivity index (χ1v) is 9.06. The molecule has 0 aliphatic carbocycles. The van der Waals surface area contributed by atoms with E-state index in [2.05, 4.69) is 10.6 Å². The zero-order valence-electron chi connectivity index (χ0n) is 15.1. The SMILES string of the molecule is COc1ccc(Cl)cc1NCCC(=O)N1CCC2(CCNC2)CC1.Cl.Cl. The summed E-state index contributed by atoms with van der Waals surface area (Å²) in [5.74, 6) is 0.963. The van der Waals surface area contributed by atoms with E-state index >= 15 is 0 Å². The van der Waals surface area contributed by atoms with Crippen LogP contribution in [0.3, 0.4) is 0 Å². The third-order valence-electron chi connectivity index (χ3n) is 5.32. The van der Waals surface area contributed by atoms with Crippen molar-refractivity contribution in [1.29, 1.82) is 0 Å². The van der Waals surface area contributed by atoms with Crippen LogP contribution in [-0.2, 0) is 4.79 Å². The van der Waals surface area contributed by atoms with Crippen molar-refractivity contribution in [2.75, 3.05) is 45.2 Å². The monoisotopic (exact) mass is 423 g/mol. The number of amides is 1. The first kappa shape index (κ1) is 23.2. The zero-order valence-corrected chi connectivity index (χ0v) is 17.4. The average molecular weight is 425 g/mol. The molecule has 148 valence electrons. The Bertz CT molecular complexity index is 585. The summed E-state index contributed by atoms with van der Waals surface area (Å²) in [6, 6.07) is 5.44. The number of anilines is 1. The molecular weight excluding hydrogens is 397 g/mol. The fourth-order valence-corrected chi connectivity index (χ4v) is 3.91. The second-order valence-corrected chi connectivity index (χ2v) is 7.27. The van der Waals surface area contributed by atoms with Crippen LogP contribution in [-0.4, -0.2) is 50.6 Å². The van der Waals surface area contributed by atoms with Gasteiger partial charge < -0.3 is 20.3 Å². The van der Waals surface area contributed by atoms with Crippen molar-refractivity contribution >= 4 is 48.0 Å². The van der Waals surface area contributed by atoms with Crippen molar-refractivity contribution in [2.24, 2.45) is 5.41 Å². The maximum absolute atomic E-state index is 12.4. The predicted octanol–water partition coefficient (Wildman–Crippen LogP) is 3.60. The molecule has 1 amide bonds. The molecule has 26 heavy (non-hydrogen) atoms. The number of benzene rings is 1. The van der Waals surface area contributed by atoms with Crippen molar-refractivity contribution in [3.8, 4) is 5.75 Å². The molecule has 0 saturated carbocycles. The van der Waals surface area contributed by atoms with E-state index in [1.807, 2.05) is 17.0 Å². The van der Waals surface area contributed by atoms with E-state index in [1.54, 1.807) is 13.2 Å². The average Bonchev–Trinajstić information content (AvgIpc) is 3.04. The lowest BCUT2D eigenvalue weighted by Gasteiger charge is -2.39. The highest BCUT2D eigenvalue weighted by Crippen LogP contribution is 2.37. The number of hydrogen-bond acceptors (Lipinski definition) is 4. The summed E-state index contributed by atoms with van der Waals surface area (Å²) in [6.45, 7) is 4.60. The van der Waals surface area contributed by atoms with Gasteiger partial charge in [0.1, 0.15) is 5.75 Å². The zero-order chi connectivity index (χ0) is 17.0. The van der Waals surface area contributed by atoms with E-state index in [0.29, 0.717) is 23.4 Å². The van der Waals surface area contributed by atoms with Gasteiger partial charge in [0, 0.05) is 37.6 Å². The lowest BCUT2D eigenvalue weighted by molar-refractivity contribution is -0.133. The van der Waals surface area contributed by atoms with E-state index in [-0.39, 0.29) is 30.7 Å². The molecule has 2 saturated heterocycles. The van der Waals surface area contributed by atoms with Crippen molar-refractivity contribution in [1.82, 2.24) is 10.2 Å². The van der Waals surface area contributed by atoms with Crippen LogP contribution in [0.15, 0.2) is 18.2 Å². The number of carbonyl (C=O) groups excluding carboxylic acids is 1. The molecule has 0 unspecified atom stereocenters. The number of hydrogen-bond donors (Lipinski definition) is 2. The summed E-state index contributed by atoms with van der Waals surface area (Å²) in [4.78, 5) is 14.4. The van der Waals surface area contributed by atoms with Gasteiger partial charge in [0.05, 0.1) is 12.8 Å². The largest absolute Gasteiger partial charge is 0.495 e. The second-order valence-electron chi connectivity index (χ2n) is 6.83. The molecule has 0 atom stereocenters. The van der Waals surface area contributed by atoms with Gasteiger partial charge in [-0.15, -0.1) is 24.8 Å². The molecule has 0 bridgehead atoms. The summed E-state index contributed by atoms with van der Waals surface area (Å²) < 4.78 is 5.31. The lowest BCUT2D eigenvalue weighted by Crippen LogP contribution is -2.44. The third kappa shape index (κ3) is 5.56. The van der Waals surface area contributed by atoms with Gasteiger partial charge in [-0.05, 0) is 49.4 Å².